The lowest BCUT2D eigenvalue weighted by atomic mass is 9.80. The van der Waals surface area contributed by atoms with Crippen LogP contribution in [0.5, 0.6) is 0 Å². The van der Waals surface area contributed by atoms with E-state index in [0.717, 1.165) is 34.7 Å². The number of hydrogen-bond donors (Lipinski definition) is 1. The van der Waals surface area contributed by atoms with E-state index in [1.54, 1.807) is 21.2 Å². The van der Waals surface area contributed by atoms with Gasteiger partial charge in [-0.2, -0.15) is 12.7 Å². The van der Waals surface area contributed by atoms with E-state index in [2.05, 4.69) is 16.8 Å². The highest BCUT2D eigenvalue weighted by molar-refractivity contribution is 7.87. The topological polar surface area (TPSA) is 145 Å². The van der Waals surface area contributed by atoms with Crippen molar-refractivity contribution in [1.29, 1.82) is 0 Å². The number of likely N-dealkylation sites (N-methyl/N-ethyl adjacent to an activating group) is 1. The number of carbonyl (C=O) groups is 2. The molecule has 0 bridgehead atoms. The molecule has 7 rings (SSSR count). The maximum absolute atomic E-state index is 15.7. The van der Waals surface area contributed by atoms with Gasteiger partial charge in [-0.3, -0.25) is 14.5 Å². The van der Waals surface area contributed by atoms with Crippen molar-refractivity contribution < 1.29 is 36.3 Å². The van der Waals surface area contributed by atoms with Crippen LogP contribution >= 0.6 is 11.6 Å². The molecule has 3 fully saturated rings. The molecule has 0 saturated carbocycles. The van der Waals surface area contributed by atoms with Gasteiger partial charge >= 0.3 is 15.8 Å². The number of halogens is 2. The second-order valence-electron chi connectivity index (χ2n) is 14.5. The Morgan fingerprint density at radius 1 is 1.12 bits per heavy atom. The van der Waals surface area contributed by atoms with Crippen LogP contribution in [0.3, 0.4) is 0 Å². The third kappa shape index (κ3) is 6.32. The predicted octanol–water partition coefficient (Wildman–Crippen LogP) is 2.23. The second-order valence-corrected chi connectivity index (χ2v) is 16.6. The highest BCUT2D eigenvalue weighted by Gasteiger charge is 2.53. The average molecular weight is 761 g/mol. The molecule has 3 aromatic rings. The van der Waals surface area contributed by atoms with E-state index >= 15 is 4.39 Å². The predicted molar refractivity (Wildman–Crippen MR) is 193 cm³/mol. The van der Waals surface area contributed by atoms with E-state index in [4.69, 9.17) is 25.5 Å². The summed E-state index contributed by atoms with van der Waals surface area (Å²) in [6, 6.07) is 4.17. The van der Waals surface area contributed by atoms with Crippen LogP contribution in [0, 0.1) is 18.2 Å². The number of aryl methyl sites for hydroxylation is 1. The van der Waals surface area contributed by atoms with Crippen LogP contribution in [0.15, 0.2) is 27.4 Å². The quantitative estimate of drug-likeness (QED) is 0.338. The summed E-state index contributed by atoms with van der Waals surface area (Å²) in [5.41, 5.74) is 1.75. The van der Waals surface area contributed by atoms with Crippen molar-refractivity contribution in [2.24, 2.45) is 5.41 Å². The average Bonchev–Trinajstić information content (AvgIpc) is 3.05. The Balaban J connectivity index is 1.13. The Hall–Kier alpha value is -3.80. The lowest BCUT2D eigenvalue weighted by Gasteiger charge is -2.53. The number of fused-ring (bicyclic) bond motifs is 3. The summed E-state index contributed by atoms with van der Waals surface area (Å²) in [5, 5.41) is 1.05. The first kappa shape index (κ1) is 36.6. The van der Waals surface area contributed by atoms with Gasteiger partial charge < -0.3 is 28.6 Å². The number of rotatable bonds is 8. The van der Waals surface area contributed by atoms with Crippen LogP contribution in [0.2, 0.25) is 5.02 Å². The molecule has 17 heteroatoms. The summed E-state index contributed by atoms with van der Waals surface area (Å²) in [5.74, 6) is -2.73. The van der Waals surface area contributed by atoms with Crippen molar-refractivity contribution in [1.82, 2.24) is 18.8 Å². The minimum Gasteiger partial charge on any atom is -0.422 e. The van der Waals surface area contributed by atoms with Crippen LogP contribution in [-0.4, -0.2) is 128 Å². The summed E-state index contributed by atoms with van der Waals surface area (Å²) in [7, 11) is 2.75. The number of carbonyl (C=O) groups excluding carboxylic acids is 2. The van der Waals surface area contributed by atoms with Crippen LogP contribution in [-0.2, 0) is 32.6 Å². The summed E-state index contributed by atoms with van der Waals surface area (Å²) >= 11 is 6.93. The first-order valence-electron chi connectivity index (χ1n) is 17.0. The fourth-order valence-electron chi connectivity index (χ4n) is 7.67. The SMILES string of the molecule is COC[C@H]1CN(c2cc(Cl)c3c4c(c(=O)oc3c2C)CN(C(=O)c2cc(N(C)C)c(C(=O)NS(=O)(=O)N3CC5(COC5)C3)cc2F)CC4)CCN1C. The molecule has 4 aliphatic heterocycles. The number of nitrogens with one attached hydrogen (secondary N) is 1. The van der Waals surface area contributed by atoms with Gasteiger partial charge in [0.2, 0.25) is 0 Å². The van der Waals surface area contributed by atoms with Gasteiger partial charge in [0.1, 0.15) is 11.4 Å². The van der Waals surface area contributed by atoms with Gasteiger partial charge in [0.15, 0.2) is 0 Å². The number of ether oxygens (including phenoxy) is 2. The van der Waals surface area contributed by atoms with Gasteiger partial charge in [0.25, 0.3) is 11.8 Å². The molecule has 0 aliphatic carbocycles. The van der Waals surface area contributed by atoms with Gasteiger partial charge in [-0.1, -0.05) is 11.6 Å². The summed E-state index contributed by atoms with van der Waals surface area (Å²) in [4.78, 5) is 47.9. The Labute approximate surface area is 306 Å². The van der Waals surface area contributed by atoms with Gasteiger partial charge in [0, 0.05) is 82.5 Å². The molecule has 4 aliphatic rings. The van der Waals surface area contributed by atoms with E-state index in [-0.39, 0.29) is 66.4 Å². The number of nitrogens with zero attached hydrogens (tertiary/aromatic N) is 5. The lowest BCUT2D eigenvalue weighted by molar-refractivity contribution is -0.167. The largest absolute Gasteiger partial charge is 0.422 e. The smallest absolute Gasteiger partial charge is 0.341 e. The summed E-state index contributed by atoms with van der Waals surface area (Å²) in [6.07, 6.45) is 0.274. The van der Waals surface area contributed by atoms with Crippen molar-refractivity contribution in [3.05, 3.63) is 67.3 Å². The van der Waals surface area contributed by atoms with E-state index in [0.29, 0.717) is 47.9 Å². The first-order chi connectivity index (χ1) is 24.6. The highest BCUT2D eigenvalue weighted by Crippen LogP contribution is 2.40. The molecular formula is C35H42ClFN6O8S. The van der Waals surface area contributed by atoms with Crippen molar-refractivity contribution in [3.63, 3.8) is 0 Å². The van der Waals surface area contributed by atoms with Gasteiger partial charge in [-0.15, -0.1) is 0 Å². The molecule has 280 valence electrons. The molecule has 1 spiro atoms. The summed E-state index contributed by atoms with van der Waals surface area (Å²) < 4.78 is 61.2. The molecule has 5 heterocycles. The molecule has 1 aromatic heterocycles. The highest BCUT2D eigenvalue weighted by atomic mass is 35.5. The Kier molecular flexibility index (Phi) is 9.53. The lowest BCUT2D eigenvalue weighted by Crippen LogP contribution is -2.68. The molecule has 2 aromatic carbocycles. The summed E-state index contributed by atoms with van der Waals surface area (Å²) in [6.45, 7) is 6.18. The number of anilines is 2. The van der Waals surface area contributed by atoms with Crippen LogP contribution in [0.4, 0.5) is 15.8 Å². The van der Waals surface area contributed by atoms with Gasteiger partial charge in [-0.05, 0) is 44.2 Å². The third-order valence-corrected chi connectivity index (χ3v) is 12.4. The van der Waals surface area contributed by atoms with Crippen LogP contribution in [0.25, 0.3) is 11.0 Å². The number of amides is 2. The van der Waals surface area contributed by atoms with Crippen molar-refractivity contribution in [2.75, 3.05) is 97.1 Å². The molecule has 0 radical (unpaired) electrons. The van der Waals surface area contributed by atoms with Gasteiger partial charge in [0.05, 0.1) is 59.8 Å². The molecule has 3 saturated heterocycles. The van der Waals surface area contributed by atoms with E-state index < -0.39 is 33.5 Å². The molecule has 52 heavy (non-hydrogen) atoms. The zero-order valence-corrected chi connectivity index (χ0v) is 31.3. The van der Waals surface area contributed by atoms with Crippen LogP contribution < -0.4 is 20.1 Å². The maximum atomic E-state index is 15.7. The van der Waals surface area contributed by atoms with E-state index in [1.807, 2.05) is 17.7 Å². The molecule has 14 nitrogen and oxygen atoms in total. The Morgan fingerprint density at radius 2 is 1.85 bits per heavy atom. The molecule has 2 amide bonds. The van der Waals surface area contributed by atoms with E-state index in [1.165, 1.54) is 15.9 Å². The van der Waals surface area contributed by atoms with Gasteiger partial charge in [-0.25, -0.2) is 13.9 Å². The Morgan fingerprint density at radius 3 is 2.50 bits per heavy atom. The standard InChI is InChI=1S/C35H42ClFN6O8S/c1-20-28(41-9-8-40(4)21(13-41)15-49-5)12-26(36)30-22-6-7-42(14-25(22)34(46)51-31(20)30)33(45)23-11-29(39(2)3)24(10-27(23)37)32(44)38-52(47,48)43-16-35(17-43)18-50-19-35/h10-12,21H,6-9,13-19H2,1-5H3,(H,38,44)/t21-/m1/s1. The minimum atomic E-state index is -4.18. The molecule has 1 N–H and O–H groups in total. The Bertz CT molecular complexity index is 2130. The minimum absolute atomic E-state index is 0.139. The first-order valence-corrected chi connectivity index (χ1v) is 18.9. The number of methoxy groups -OCH3 is 1. The zero-order chi connectivity index (χ0) is 37.3. The number of hydrogen-bond acceptors (Lipinski definition) is 11. The molecule has 0 unspecified atom stereocenters. The zero-order valence-electron chi connectivity index (χ0n) is 29.8. The third-order valence-electron chi connectivity index (χ3n) is 10.7. The van der Waals surface area contributed by atoms with Crippen molar-refractivity contribution >= 4 is 56.0 Å². The van der Waals surface area contributed by atoms with Crippen molar-refractivity contribution in [2.45, 2.75) is 25.9 Å². The normalized spacial score (nSPS) is 20.4. The fourth-order valence-corrected chi connectivity index (χ4v) is 9.34. The van der Waals surface area contributed by atoms with E-state index in [9.17, 15) is 22.8 Å². The number of piperazine rings is 1. The van der Waals surface area contributed by atoms with Crippen LogP contribution in [0.1, 0.15) is 37.4 Å². The molecular weight excluding hydrogens is 719 g/mol. The fraction of sp³-hybridized carbons (Fsp3) is 0.514. The maximum Gasteiger partial charge on any atom is 0.341 e. The number of benzene rings is 2. The monoisotopic (exact) mass is 760 g/mol. The second kappa shape index (κ2) is 13.6. The van der Waals surface area contributed by atoms with Crippen molar-refractivity contribution in [3.8, 4) is 0 Å². The molecule has 1 atom stereocenters.